The number of nitrogens with zero attached hydrogens (tertiary/aromatic N) is 1. The van der Waals surface area contributed by atoms with Gasteiger partial charge in [0, 0.05) is 24.6 Å². The zero-order chi connectivity index (χ0) is 22.8. The average Bonchev–Trinajstić information content (AvgIpc) is 3.33. The number of amides is 3. The zero-order valence-electron chi connectivity index (χ0n) is 17.5. The van der Waals surface area contributed by atoms with Crippen LogP contribution in [0.25, 0.3) is 0 Å². The lowest BCUT2D eigenvalue weighted by Crippen LogP contribution is -2.46. The van der Waals surface area contributed by atoms with E-state index in [2.05, 4.69) is 5.32 Å². The van der Waals surface area contributed by atoms with Crippen LogP contribution < -0.4 is 10.8 Å². The summed E-state index contributed by atoms with van der Waals surface area (Å²) in [6.07, 6.45) is 0.775. The van der Waals surface area contributed by atoms with Crippen LogP contribution in [-0.4, -0.2) is 53.5 Å². The van der Waals surface area contributed by atoms with Crippen LogP contribution in [0.4, 0.5) is 5.69 Å². The molecule has 166 valence electrons. The van der Waals surface area contributed by atoms with Crippen LogP contribution >= 0.6 is 0 Å². The van der Waals surface area contributed by atoms with Crippen LogP contribution in [0.5, 0.6) is 0 Å². The fraction of sp³-hybridized carbons (Fsp3) is 0.304. The summed E-state index contributed by atoms with van der Waals surface area (Å²) < 4.78 is 4.95. The summed E-state index contributed by atoms with van der Waals surface area (Å²) in [5.74, 6) is -2.28. The molecule has 4 rings (SSSR count). The van der Waals surface area contributed by atoms with Gasteiger partial charge in [-0.15, -0.1) is 0 Å². The number of carbonyl (C=O) groups is 4. The number of esters is 1. The molecular weight excluding hydrogens is 414 g/mol. The van der Waals surface area contributed by atoms with Gasteiger partial charge in [0.1, 0.15) is 6.04 Å². The van der Waals surface area contributed by atoms with Crippen molar-refractivity contribution < 1.29 is 29.1 Å². The van der Waals surface area contributed by atoms with Crippen LogP contribution in [0.3, 0.4) is 0 Å². The molecule has 2 aromatic rings. The minimum atomic E-state index is -1.06. The van der Waals surface area contributed by atoms with E-state index in [0.717, 1.165) is 21.7 Å². The Kier molecular flexibility index (Phi) is 5.91. The predicted molar refractivity (Wildman–Crippen MR) is 113 cm³/mol. The highest BCUT2D eigenvalue weighted by molar-refractivity contribution is 6.22. The van der Waals surface area contributed by atoms with E-state index in [1.54, 1.807) is 29.7 Å². The molecule has 2 aliphatic rings. The molecule has 2 aromatic carbocycles. The van der Waals surface area contributed by atoms with Gasteiger partial charge in [-0.3, -0.25) is 24.5 Å². The van der Waals surface area contributed by atoms with Gasteiger partial charge in [-0.2, -0.15) is 0 Å². The van der Waals surface area contributed by atoms with E-state index in [4.69, 9.17) is 9.94 Å². The van der Waals surface area contributed by atoms with Crippen molar-refractivity contribution >= 4 is 29.4 Å². The molecular formula is C23H23N3O6. The van der Waals surface area contributed by atoms with E-state index < -0.39 is 29.7 Å². The highest BCUT2D eigenvalue weighted by atomic mass is 16.5. The topological polar surface area (TPSA) is 125 Å². The maximum absolute atomic E-state index is 12.9. The molecule has 0 saturated carbocycles. The van der Waals surface area contributed by atoms with Crippen LogP contribution in [0.1, 0.15) is 50.6 Å². The van der Waals surface area contributed by atoms with Crippen molar-refractivity contribution in [2.24, 2.45) is 0 Å². The Morgan fingerprint density at radius 3 is 2.50 bits per heavy atom. The number of hydroxylamine groups is 1. The lowest BCUT2D eigenvalue weighted by molar-refractivity contribution is -0.145. The second kappa shape index (κ2) is 8.80. The number of methoxy groups -OCH3 is 1. The molecule has 0 aromatic heterocycles. The first-order valence-corrected chi connectivity index (χ1v) is 10.3. The van der Waals surface area contributed by atoms with Crippen molar-refractivity contribution in [2.75, 3.05) is 19.0 Å². The Labute approximate surface area is 184 Å². The first-order chi connectivity index (χ1) is 15.4. The second-order valence-corrected chi connectivity index (χ2v) is 7.83. The van der Waals surface area contributed by atoms with Crippen molar-refractivity contribution in [2.45, 2.75) is 31.2 Å². The molecule has 3 amide bonds. The average molecular weight is 437 g/mol. The van der Waals surface area contributed by atoms with E-state index >= 15 is 0 Å². The van der Waals surface area contributed by atoms with Crippen LogP contribution in [0, 0.1) is 0 Å². The summed E-state index contributed by atoms with van der Waals surface area (Å²) in [7, 11) is 1.23. The number of carbonyl (C=O) groups excluding carboxylic acids is 4. The number of nitrogens with one attached hydrogen (secondary N) is 2. The van der Waals surface area contributed by atoms with E-state index in [-0.39, 0.29) is 29.9 Å². The van der Waals surface area contributed by atoms with Crippen molar-refractivity contribution in [1.82, 2.24) is 10.4 Å². The molecule has 32 heavy (non-hydrogen) atoms. The van der Waals surface area contributed by atoms with E-state index in [1.807, 2.05) is 18.2 Å². The summed E-state index contributed by atoms with van der Waals surface area (Å²) >= 11 is 0. The third-order valence-electron chi connectivity index (χ3n) is 5.98. The molecule has 0 spiro atoms. The SMILES string of the molecule is COC(=O)[C@H](CC1CNc2ccc(CCC(=O)NO)cc21)N1C(=O)c2ccccc2C1=O. The Morgan fingerprint density at radius 2 is 1.88 bits per heavy atom. The van der Waals surface area contributed by atoms with Crippen molar-refractivity contribution in [1.29, 1.82) is 0 Å². The second-order valence-electron chi connectivity index (χ2n) is 7.83. The van der Waals surface area contributed by atoms with Crippen LogP contribution in [0.2, 0.25) is 0 Å². The van der Waals surface area contributed by atoms with E-state index in [0.29, 0.717) is 13.0 Å². The maximum Gasteiger partial charge on any atom is 0.329 e. The normalized spacial score (nSPS) is 17.4. The number of hydrogen-bond donors (Lipinski definition) is 3. The number of hydrogen-bond acceptors (Lipinski definition) is 7. The Morgan fingerprint density at radius 1 is 1.19 bits per heavy atom. The minimum absolute atomic E-state index is 0.132. The third kappa shape index (κ3) is 3.82. The summed E-state index contributed by atoms with van der Waals surface area (Å²) in [6.45, 7) is 0.534. The highest BCUT2D eigenvalue weighted by Crippen LogP contribution is 2.37. The van der Waals surface area contributed by atoms with Gasteiger partial charge in [0.2, 0.25) is 5.91 Å². The van der Waals surface area contributed by atoms with Crippen LogP contribution in [-0.2, 0) is 20.7 Å². The van der Waals surface area contributed by atoms with E-state index in [1.165, 1.54) is 7.11 Å². The van der Waals surface area contributed by atoms with Crippen molar-refractivity contribution in [3.05, 3.63) is 64.7 Å². The van der Waals surface area contributed by atoms with Gasteiger partial charge < -0.3 is 10.1 Å². The Hall–Kier alpha value is -3.72. The zero-order valence-corrected chi connectivity index (χ0v) is 17.5. The van der Waals surface area contributed by atoms with Gasteiger partial charge in [0.15, 0.2) is 0 Å². The Bertz CT molecular complexity index is 1060. The summed E-state index contributed by atoms with van der Waals surface area (Å²) in [5.41, 5.74) is 4.91. The van der Waals surface area contributed by atoms with Gasteiger partial charge >= 0.3 is 5.97 Å². The number of fused-ring (bicyclic) bond motifs is 2. The monoisotopic (exact) mass is 437 g/mol. The predicted octanol–water partition coefficient (Wildman–Crippen LogP) is 1.86. The summed E-state index contributed by atoms with van der Waals surface area (Å²) in [6, 6.07) is 11.2. The van der Waals surface area contributed by atoms with Gasteiger partial charge in [0.25, 0.3) is 11.8 Å². The van der Waals surface area contributed by atoms with Crippen LogP contribution in [0.15, 0.2) is 42.5 Å². The quantitative estimate of drug-likeness (QED) is 0.261. The van der Waals surface area contributed by atoms with Gasteiger partial charge in [-0.25, -0.2) is 10.3 Å². The molecule has 3 N–H and O–H groups in total. The van der Waals surface area contributed by atoms with Crippen molar-refractivity contribution in [3.63, 3.8) is 0 Å². The lowest BCUT2D eigenvalue weighted by Gasteiger charge is -2.26. The van der Waals surface area contributed by atoms with Gasteiger partial charge in [-0.1, -0.05) is 24.3 Å². The molecule has 0 bridgehead atoms. The fourth-order valence-corrected chi connectivity index (χ4v) is 4.34. The number of ether oxygens (including phenoxy) is 1. The smallest absolute Gasteiger partial charge is 0.329 e. The molecule has 0 fully saturated rings. The number of anilines is 1. The number of benzene rings is 2. The molecule has 9 heteroatoms. The molecule has 9 nitrogen and oxygen atoms in total. The molecule has 0 saturated heterocycles. The first-order valence-electron chi connectivity index (χ1n) is 10.3. The Balaban J connectivity index is 1.58. The highest BCUT2D eigenvalue weighted by Gasteiger charge is 2.44. The standard InChI is InChI=1S/C23H23N3O6/c1-32-23(30)19(26-21(28)15-4-2-3-5-16(15)22(26)29)11-14-12-24-18-8-6-13(10-17(14)18)7-9-20(27)25-31/h2-6,8,10,14,19,24,31H,7,9,11-12H2,1H3,(H,25,27)/t14?,19-/m0/s1. The summed E-state index contributed by atoms with van der Waals surface area (Å²) in [5, 5.41) is 12.0. The number of imide groups is 1. The number of rotatable bonds is 7. The summed E-state index contributed by atoms with van der Waals surface area (Å²) in [4.78, 5) is 50.9. The minimum Gasteiger partial charge on any atom is -0.467 e. The first kappa shape index (κ1) is 21.5. The molecule has 2 aliphatic heterocycles. The van der Waals surface area contributed by atoms with Gasteiger partial charge in [0.05, 0.1) is 18.2 Å². The largest absolute Gasteiger partial charge is 0.467 e. The number of aryl methyl sites for hydroxylation is 1. The molecule has 0 aliphatic carbocycles. The maximum atomic E-state index is 12.9. The third-order valence-corrected chi connectivity index (χ3v) is 5.98. The molecule has 2 heterocycles. The lowest BCUT2D eigenvalue weighted by atomic mass is 9.91. The van der Waals surface area contributed by atoms with E-state index in [9.17, 15) is 19.2 Å². The van der Waals surface area contributed by atoms with Gasteiger partial charge in [-0.05, 0) is 42.2 Å². The molecule has 2 atom stereocenters. The fourth-order valence-electron chi connectivity index (χ4n) is 4.34. The van der Waals surface area contributed by atoms with Crippen molar-refractivity contribution in [3.8, 4) is 0 Å². The molecule has 0 radical (unpaired) electrons. The molecule has 1 unspecified atom stereocenters.